The molecule has 168 valence electrons. The molecule has 7 nitrogen and oxygen atoms in total. The van der Waals surface area contributed by atoms with Crippen LogP contribution in [0.4, 0.5) is 0 Å². The molecule has 5 rings (SSSR count). The van der Waals surface area contributed by atoms with Crippen LogP contribution in [0, 0.1) is 0 Å². The second kappa shape index (κ2) is 8.11. The number of pyridine rings is 2. The van der Waals surface area contributed by atoms with Crippen molar-refractivity contribution in [2.45, 2.75) is 32.6 Å². The molecule has 0 amide bonds. The molecule has 33 heavy (non-hydrogen) atoms. The summed E-state index contributed by atoms with van der Waals surface area (Å²) in [5.74, 6) is 0. The van der Waals surface area contributed by atoms with Crippen LogP contribution in [0.15, 0.2) is 55.1 Å². The number of imidazole rings is 1. The molecule has 9 heteroatoms. The van der Waals surface area contributed by atoms with E-state index >= 15 is 0 Å². The van der Waals surface area contributed by atoms with Gasteiger partial charge in [-0.1, -0.05) is 29.3 Å². The van der Waals surface area contributed by atoms with Crippen LogP contribution < -0.4 is 0 Å². The molecule has 0 unspecified atom stereocenters. The molecular weight excluding hydrogens is 461 g/mol. The molecule has 1 aromatic carbocycles. The van der Waals surface area contributed by atoms with Crippen molar-refractivity contribution in [3.8, 4) is 22.4 Å². The van der Waals surface area contributed by atoms with Crippen molar-refractivity contribution in [1.82, 2.24) is 24.1 Å². The second-order valence-corrected chi connectivity index (χ2v) is 9.38. The van der Waals surface area contributed by atoms with Gasteiger partial charge in [0.05, 0.1) is 51.9 Å². The van der Waals surface area contributed by atoms with E-state index in [0.717, 1.165) is 22.0 Å². The number of benzene rings is 1. The van der Waals surface area contributed by atoms with E-state index in [1.54, 1.807) is 49.1 Å². The minimum Gasteiger partial charge on any atom is -0.390 e. The van der Waals surface area contributed by atoms with Crippen LogP contribution >= 0.6 is 23.2 Å². The third kappa shape index (κ3) is 3.98. The monoisotopic (exact) mass is 481 g/mol. The summed E-state index contributed by atoms with van der Waals surface area (Å²) in [6, 6.07) is 9.14. The second-order valence-electron chi connectivity index (χ2n) is 8.57. The van der Waals surface area contributed by atoms with E-state index in [1.807, 2.05) is 28.9 Å². The maximum atomic E-state index is 10.2. The van der Waals surface area contributed by atoms with E-state index in [1.165, 1.54) is 0 Å². The van der Waals surface area contributed by atoms with Crippen molar-refractivity contribution in [2.75, 3.05) is 0 Å². The molecule has 0 fully saturated rings. The number of rotatable bonds is 5. The lowest BCUT2D eigenvalue weighted by Gasteiger charge is -2.16. The largest absolute Gasteiger partial charge is 0.390 e. The van der Waals surface area contributed by atoms with Gasteiger partial charge in [0.1, 0.15) is 5.65 Å². The van der Waals surface area contributed by atoms with Gasteiger partial charge in [0.25, 0.3) is 0 Å². The zero-order chi connectivity index (χ0) is 23.3. The zero-order valence-electron chi connectivity index (χ0n) is 18.0. The molecule has 2 N–H and O–H groups in total. The fourth-order valence-electron chi connectivity index (χ4n) is 3.98. The Morgan fingerprint density at radius 3 is 2.52 bits per heavy atom. The van der Waals surface area contributed by atoms with E-state index < -0.39 is 5.60 Å². The molecule has 0 radical (unpaired) electrons. The SMILES string of the molecule is CC(C)(O)Cn1cc(-c2cnc3ccn4c(CO)c(-c5c(Cl)cccc5Cl)nc4c3c2)cn1. The predicted molar refractivity (Wildman–Crippen MR) is 129 cm³/mol. The maximum Gasteiger partial charge on any atom is 0.147 e. The Morgan fingerprint density at radius 2 is 1.82 bits per heavy atom. The average molecular weight is 482 g/mol. The summed E-state index contributed by atoms with van der Waals surface area (Å²) in [4.78, 5) is 9.44. The van der Waals surface area contributed by atoms with Crippen molar-refractivity contribution < 1.29 is 10.2 Å². The van der Waals surface area contributed by atoms with Gasteiger partial charge in [-0.25, -0.2) is 4.98 Å². The van der Waals surface area contributed by atoms with E-state index in [2.05, 4.69) is 10.1 Å². The number of aliphatic hydroxyl groups excluding tert-OH is 1. The molecule has 0 bridgehead atoms. The highest BCUT2D eigenvalue weighted by atomic mass is 35.5. The van der Waals surface area contributed by atoms with E-state index in [4.69, 9.17) is 28.2 Å². The molecule has 0 spiro atoms. The highest BCUT2D eigenvalue weighted by molar-refractivity contribution is 6.39. The standard InChI is InChI=1S/C24H21Cl2N5O2/c1-24(2,33)13-30-11-15(10-28-30)14-8-16-19(27-9-14)6-7-31-20(12-32)22(29-23(16)31)21-17(25)4-3-5-18(21)26/h3-11,32-33H,12-13H2,1-2H3. The highest BCUT2D eigenvalue weighted by Gasteiger charge is 2.20. The number of nitrogens with zero attached hydrogens (tertiary/aromatic N) is 5. The summed E-state index contributed by atoms with van der Waals surface area (Å²) in [5, 5.41) is 26.3. The third-order valence-electron chi connectivity index (χ3n) is 5.42. The van der Waals surface area contributed by atoms with Gasteiger partial charge in [-0.15, -0.1) is 0 Å². The smallest absolute Gasteiger partial charge is 0.147 e. The molecule has 4 aromatic heterocycles. The van der Waals surface area contributed by atoms with Crippen molar-refractivity contribution in [3.05, 3.63) is 70.9 Å². The molecule has 0 aliphatic carbocycles. The van der Waals surface area contributed by atoms with E-state index in [-0.39, 0.29) is 6.61 Å². The predicted octanol–water partition coefficient (Wildman–Crippen LogP) is 4.98. The molecule has 0 saturated carbocycles. The minimum absolute atomic E-state index is 0.236. The third-order valence-corrected chi connectivity index (χ3v) is 6.05. The Labute approximate surface area is 199 Å². The Hall–Kier alpha value is -2.97. The normalized spacial score (nSPS) is 12.2. The number of aromatic nitrogens is 5. The Morgan fingerprint density at radius 1 is 1.06 bits per heavy atom. The number of aliphatic hydroxyl groups is 2. The van der Waals surface area contributed by atoms with Crippen molar-refractivity contribution in [1.29, 1.82) is 0 Å². The first kappa shape index (κ1) is 21.9. The Balaban J connectivity index is 1.69. The van der Waals surface area contributed by atoms with Crippen LogP contribution in [0.3, 0.4) is 0 Å². The quantitative estimate of drug-likeness (QED) is 0.369. The van der Waals surface area contributed by atoms with Gasteiger partial charge in [-0.05, 0) is 38.1 Å². The molecule has 5 aromatic rings. The maximum absolute atomic E-state index is 10.2. The van der Waals surface area contributed by atoms with Crippen molar-refractivity contribution in [3.63, 3.8) is 0 Å². The number of hydrogen-bond acceptors (Lipinski definition) is 5. The van der Waals surface area contributed by atoms with Gasteiger partial charge >= 0.3 is 0 Å². The fraction of sp³-hybridized carbons (Fsp3) is 0.208. The summed E-state index contributed by atoms with van der Waals surface area (Å²) in [6.07, 6.45) is 7.24. The topological polar surface area (TPSA) is 88.5 Å². The first-order valence-corrected chi connectivity index (χ1v) is 11.1. The Bertz CT molecular complexity index is 1480. The van der Waals surface area contributed by atoms with Gasteiger partial charge in [0, 0.05) is 40.7 Å². The number of fused-ring (bicyclic) bond motifs is 3. The van der Waals surface area contributed by atoms with Crippen LogP contribution in [-0.2, 0) is 13.2 Å². The van der Waals surface area contributed by atoms with Crippen LogP contribution in [0.1, 0.15) is 19.5 Å². The van der Waals surface area contributed by atoms with Gasteiger partial charge in [0.2, 0.25) is 0 Å². The lowest BCUT2D eigenvalue weighted by molar-refractivity contribution is 0.0577. The molecular formula is C24H21Cl2N5O2. The van der Waals surface area contributed by atoms with Crippen molar-refractivity contribution >= 4 is 39.8 Å². The molecule has 0 aliphatic heterocycles. The van der Waals surface area contributed by atoms with E-state index in [9.17, 15) is 10.2 Å². The highest BCUT2D eigenvalue weighted by Crippen LogP contribution is 2.37. The number of hydrogen-bond donors (Lipinski definition) is 2. The van der Waals surface area contributed by atoms with Crippen LogP contribution in [-0.4, -0.2) is 40.0 Å². The summed E-state index contributed by atoms with van der Waals surface area (Å²) < 4.78 is 3.54. The van der Waals surface area contributed by atoms with Crippen LogP contribution in [0.5, 0.6) is 0 Å². The fourth-order valence-corrected chi connectivity index (χ4v) is 4.55. The van der Waals surface area contributed by atoms with Crippen LogP contribution in [0.2, 0.25) is 10.0 Å². The average Bonchev–Trinajstić information content (AvgIpc) is 3.36. The first-order valence-electron chi connectivity index (χ1n) is 10.4. The lowest BCUT2D eigenvalue weighted by atomic mass is 10.1. The van der Waals surface area contributed by atoms with Gasteiger partial charge in [0.15, 0.2) is 0 Å². The van der Waals surface area contributed by atoms with Crippen molar-refractivity contribution in [2.24, 2.45) is 0 Å². The summed E-state index contributed by atoms with van der Waals surface area (Å²) in [7, 11) is 0. The summed E-state index contributed by atoms with van der Waals surface area (Å²) in [5.41, 5.74) is 3.97. The molecule has 0 saturated heterocycles. The Kier molecular flexibility index (Phi) is 5.37. The minimum atomic E-state index is -0.871. The van der Waals surface area contributed by atoms with Crippen LogP contribution in [0.25, 0.3) is 38.9 Å². The lowest BCUT2D eigenvalue weighted by Crippen LogP contribution is -2.26. The van der Waals surface area contributed by atoms with E-state index in [0.29, 0.717) is 39.2 Å². The molecule has 0 atom stereocenters. The molecule has 0 aliphatic rings. The van der Waals surface area contributed by atoms with Gasteiger partial charge in [-0.3, -0.25) is 9.67 Å². The zero-order valence-corrected chi connectivity index (χ0v) is 19.5. The summed E-state index contributed by atoms with van der Waals surface area (Å²) in [6.45, 7) is 3.62. The van der Waals surface area contributed by atoms with Gasteiger partial charge < -0.3 is 14.6 Å². The van der Waals surface area contributed by atoms with Gasteiger partial charge in [-0.2, -0.15) is 5.10 Å². The molecule has 4 heterocycles. The summed E-state index contributed by atoms with van der Waals surface area (Å²) >= 11 is 12.9. The number of halogens is 2. The first-order chi connectivity index (χ1) is 15.7.